The normalized spacial score (nSPS) is 16.8. The molecule has 1 aliphatic rings. The van der Waals surface area contributed by atoms with Gasteiger partial charge in [-0.1, -0.05) is 18.2 Å². The quantitative estimate of drug-likeness (QED) is 0.660. The molecule has 5 nitrogen and oxygen atoms in total. The van der Waals surface area contributed by atoms with Gasteiger partial charge in [0.15, 0.2) is 5.12 Å². The molecular weight excluding hydrogens is 338 g/mol. The Morgan fingerprint density at radius 2 is 1.68 bits per heavy atom. The van der Waals surface area contributed by atoms with Crippen molar-refractivity contribution in [3.63, 3.8) is 0 Å². The number of imide groups is 1. The monoisotopic (exact) mass is 355 g/mol. The number of rotatable bonds is 5. The van der Waals surface area contributed by atoms with Gasteiger partial charge in [-0.25, -0.2) is 0 Å². The van der Waals surface area contributed by atoms with Crippen LogP contribution in [0.1, 0.15) is 23.2 Å². The molecule has 0 saturated carbocycles. The second-order valence-electron chi connectivity index (χ2n) is 5.92. The summed E-state index contributed by atoms with van der Waals surface area (Å²) in [6.07, 6.45) is 0.399. The standard InChI is InChI=1S/C19H17NO4S/c21-17-10-13(11-18(22)25)12-20(17)19(23)14-6-8-16(9-7-14)24-15-4-2-1-3-5-15/h1-9,13H,10-12H2,(H,22,25)/t13-/m0/s1. The molecule has 128 valence electrons. The van der Waals surface area contributed by atoms with Crippen LogP contribution in [-0.2, 0) is 9.59 Å². The van der Waals surface area contributed by atoms with Gasteiger partial charge < -0.3 is 4.74 Å². The molecule has 1 heterocycles. The van der Waals surface area contributed by atoms with Crippen molar-refractivity contribution in [2.75, 3.05) is 6.54 Å². The number of nitrogens with zero attached hydrogens (tertiary/aromatic N) is 1. The Bertz CT molecular complexity index is 789. The fourth-order valence-electron chi connectivity index (χ4n) is 2.81. The molecule has 0 N–H and O–H groups in total. The third kappa shape index (κ3) is 4.28. The summed E-state index contributed by atoms with van der Waals surface area (Å²) in [6, 6.07) is 16.0. The second-order valence-corrected chi connectivity index (χ2v) is 6.42. The van der Waals surface area contributed by atoms with Crippen molar-refractivity contribution in [2.24, 2.45) is 5.92 Å². The Morgan fingerprint density at radius 3 is 2.32 bits per heavy atom. The lowest BCUT2D eigenvalue weighted by Gasteiger charge is -2.15. The van der Waals surface area contributed by atoms with E-state index in [0.717, 1.165) is 0 Å². The highest BCUT2D eigenvalue weighted by Crippen LogP contribution is 2.25. The van der Waals surface area contributed by atoms with E-state index in [1.807, 2.05) is 30.3 Å². The van der Waals surface area contributed by atoms with Gasteiger partial charge in [-0.2, -0.15) is 0 Å². The van der Waals surface area contributed by atoms with E-state index in [-0.39, 0.29) is 42.2 Å². The number of benzene rings is 2. The average molecular weight is 355 g/mol. The molecule has 0 radical (unpaired) electrons. The van der Waals surface area contributed by atoms with Crippen LogP contribution in [0.5, 0.6) is 11.5 Å². The molecule has 1 saturated heterocycles. The molecule has 1 atom stereocenters. The highest BCUT2D eigenvalue weighted by Gasteiger charge is 2.34. The summed E-state index contributed by atoms with van der Waals surface area (Å²) in [6.45, 7) is 0.256. The number of para-hydroxylation sites is 1. The Balaban J connectivity index is 1.66. The Hall–Kier alpha value is -2.60. The molecule has 1 aliphatic heterocycles. The Labute approximate surface area is 151 Å². The molecule has 0 spiro atoms. The minimum atomic E-state index is -0.356. The van der Waals surface area contributed by atoms with Gasteiger partial charge in [-0.3, -0.25) is 19.3 Å². The molecule has 3 rings (SSSR count). The number of carbonyl (C=O) groups is 3. The van der Waals surface area contributed by atoms with Crippen molar-refractivity contribution in [3.05, 3.63) is 60.2 Å². The molecule has 2 aromatic rings. The van der Waals surface area contributed by atoms with Crippen LogP contribution < -0.4 is 4.74 Å². The van der Waals surface area contributed by atoms with Gasteiger partial charge in [-0.05, 0) is 42.3 Å². The van der Waals surface area contributed by atoms with Crippen LogP contribution in [0.4, 0.5) is 0 Å². The molecule has 0 aromatic heterocycles. The summed E-state index contributed by atoms with van der Waals surface area (Å²) in [5.41, 5.74) is 0.409. The SMILES string of the molecule is O=C(S)C[C@@H]1CC(=O)N(C(=O)c2ccc(Oc3ccccc3)cc2)C1. The van der Waals surface area contributed by atoms with Crippen molar-refractivity contribution in [2.45, 2.75) is 12.8 Å². The number of ether oxygens (including phenoxy) is 1. The molecule has 2 aromatic carbocycles. The van der Waals surface area contributed by atoms with E-state index in [1.54, 1.807) is 24.3 Å². The molecule has 25 heavy (non-hydrogen) atoms. The van der Waals surface area contributed by atoms with Gasteiger partial charge in [0.05, 0.1) is 0 Å². The van der Waals surface area contributed by atoms with E-state index in [9.17, 15) is 14.4 Å². The molecule has 6 heteroatoms. The first-order valence-electron chi connectivity index (χ1n) is 7.92. The fraction of sp³-hybridized carbons (Fsp3) is 0.211. The van der Waals surface area contributed by atoms with E-state index in [2.05, 4.69) is 12.6 Å². The summed E-state index contributed by atoms with van der Waals surface area (Å²) in [7, 11) is 0. The van der Waals surface area contributed by atoms with Gasteiger partial charge in [0.2, 0.25) is 5.91 Å². The Kier molecular flexibility index (Phi) is 5.19. The summed E-state index contributed by atoms with van der Waals surface area (Å²) < 4.78 is 5.68. The van der Waals surface area contributed by atoms with Gasteiger partial charge in [0.1, 0.15) is 11.5 Å². The third-order valence-corrected chi connectivity index (χ3v) is 4.18. The van der Waals surface area contributed by atoms with Crippen LogP contribution in [0, 0.1) is 5.92 Å². The van der Waals surface area contributed by atoms with E-state index in [1.165, 1.54) is 4.90 Å². The number of carbonyl (C=O) groups excluding carboxylic acids is 3. The minimum absolute atomic E-state index is 0.151. The smallest absolute Gasteiger partial charge is 0.260 e. The lowest BCUT2D eigenvalue weighted by Crippen LogP contribution is -2.32. The van der Waals surface area contributed by atoms with Crippen LogP contribution >= 0.6 is 12.6 Å². The zero-order valence-corrected chi connectivity index (χ0v) is 14.3. The maximum absolute atomic E-state index is 12.5. The first-order chi connectivity index (χ1) is 12.0. The van der Waals surface area contributed by atoms with Crippen molar-refractivity contribution < 1.29 is 19.1 Å². The zero-order valence-electron chi connectivity index (χ0n) is 13.4. The minimum Gasteiger partial charge on any atom is -0.457 e. The largest absolute Gasteiger partial charge is 0.457 e. The summed E-state index contributed by atoms with van der Waals surface area (Å²) in [4.78, 5) is 36.8. The van der Waals surface area contributed by atoms with Gasteiger partial charge in [0, 0.05) is 24.9 Å². The average Bonchev–Trinajstić information content (AvgIpc) is 2.95. The van der Waals surface area contributed by atoms with Gasteiger partial charge in [-0.15, -0.1) is 12.6 Å². The lowest BCUT2D eigenvalue weighted by atomic mass is 10.1. The van der Waals surface area contributed by atoms with Crippen LogP contribution in [0.2, 0.25) is 0 Å². The van der Waals surface area contributed by atoms with E-state index in [0.29, 0.717) is 17.1 Å². The predicted molar refractivity (Wildman–Crippen MR) is 95.7 cm³/mol. The highest BCUT2D eigenvalue weighted by molar-refractivity contribution is 7.96. The third-order valence-electron chi connectivity index (χ3n) is 3.99. The molecule has 1 fully saturated rings. The van der Waals surface area contributed by atoms with E-state index in [4.69, 9.17) is 4.74 Å². The summed E-state index contributed by atoms with van der Waals surface area (Å²) >= 11 is 3.74. The van der Waals surface area contributed by atoms with Crippen molar-refractivity contribution in [1.29, 1.82) is 0 Å². The van der Waals surface area contributed by atoms with Crippen molar-refractivity contribution in [3.8, 4) is 11.5 Å². The summed E-state index contributed by atoms with van der Waals surface area (Å²) in [5, 5.41) is -0.269. The number of amides is 2. The maximum Gasteiger partial charge on any atom is 0.260 e. The number of hydrogen-bond acceptors (Lipinski definition) is 4. The van der Waals surface area contributed by atoms with Gasteiger partial charge >= 0.3 is 0 Å². The van der Waals surface area contributed by atoms with Crippen LogP contribution in [-0.4, -0.2) is 28.4 Å². The van der Waals surface area contributed by atoms with E-state index >= 15 is 0 Å². The topological polar surface area (TPSA) is 63.7 Å². The molecule has 2 amide bonds. The van der Waals surface area contributed by atoms with Crippen LogP contribution in [0.3, 0.4) is 0 Å². The first kappa shape index (κ1) is 17.2. The van der Waals surface area contributed by atoms with Crippen LogP contribution in [0.15, 0.2) is 54.6 Å². The molecule has 0 unspecified atom stereocenters. The number of thiol groups is 1. The Morgan fingerprint density at radius 1 is 1.04 bits per heavy atom. The second kappa shape index (κ2) is 7.53. The van der Waals surface area contributed by atoms with Crippen molar-refractivity contribution >= 4 is 29.6 Å². The van der Waals surface area contributed by atoms with E-state index < -0.39 is 0 Å². The van der Waals surface area contributed by atoms with Crippen molar-refractivity contribution in [1.82, 2.24) is 4.90 Å². The lowest BCUT2D eigenvalue weighted by molar-refractivity contribution is -0.125. The highest BCUT2D eigenvalue weighted by atomic mass is 32.1. The molecule has 0 bridgehead atoms. The zero-order chi connectivity index (χ0) is 17.8. The summed E-state index contributed by atoms with van der Waals surface area (Å²) in [5.74, 6) is 0.548. The number of hydrogen-bond donors (Lipinski definition) is 1. The first-order valence-corrected chi connectivity index (χ1v) is 8.37. The molecular formula is C19H17NO4S. The predicted octanol–water partition coefficient (Wildman–Crippen LogP) is 3.31. The fourth-order valence-corrected chi connectivity index (χ4v) is 3.07. The molecule has 0 aliphatic carbocycles. The number of likely N-dealkylation sites (tertiary alicyclic amines) is 1. The maximum atomic E-state index is 12.5. The van der Waals surface area contributed by atoms with Gasteiger partial charge in [0.25, 0.3) is 5.91 Å². The van der Waals surface area contributed by atoms with Crippen LogP contribution in [0.25, 0.3) is 0 Å².